The molecule has 1 fully saturated rings. The summed E-state index contributed by atoms with van der Waals surface area (Å²) in [6.45, 7) is 4.99. The summed E-state index contributed by atoms with van der Waals surface area (Å²) in [5.74, 6) is -0.544. The molecule has 21 heavy (non-hydrogen) atoms. The molecule has 1 N–H and O–H groups in total. The highest BCUT2D eigenvalue weighted by Crippen LogP contribution is 2.28. The van der Waals surface area contributed by atoms with E-state index in [-0.39, 0.29) is 22.0 Å². The average molecular weight is 335 g/mol. The largest absolute Gasteiger partial charge is 0.311 e. The van der Waals surface area contributed by atoms with Crippen molar-refractivity contribution in [2.24, 2.45) is 0 Å². The summed E-state index contributed by atoms with van der Waals surface area (Å²) < 4.78 is 40.3. The van der Waals surface area contributed by atoms with Crippen LogP contribution in [-0.4, -0.2) is 37.9 Å². The van der Waals surface area contributed by atoms with Crippen molar-refractivity contribution in [3.63, 3.8) is 0 Å². The lowest BCUT2D eigenvalue weighted by Crippen LogP contribution is -2.57. The second kappa shape index (κ2) is 6.60. The fourth-order valence-electron chi connectivity index (χ4n) is 2.56. The molecule has 2 atom stereocenters. The average Bonchev–Trinajstić information content (AvgIpc) is 2.46. The van der Waals surface area contributed by atoms with Crippen molar-refractivity contribution in [2.75, 3.05) is 13.1 Å². The van der Waals surface area contributed by atoms with Crippen molar-refractivity contribution in [1.82, 2.24) is 9.62 Å². The predicted octanol–water partition coefficient (Wildman–Crippen LogP) is 2.63. The van der Waals surface area contributed by atoms with Crippen molar-refractivity contribution in [3.05, 3.63) is 29.0 Å². The third-order valence-corrected chi connectivity index (χ3v) is 6.30. The molecular weight excluding hydrogens is 315 g/mol. The van der Waals surface area contributed by atoms with E-state index in [1.165, 1.54) is 10.4 Å². The molecule has 4 nitrogen and oxygen atoms in total. The van der Waals surface area contributed by atoms with Gasteiger partial charge in [-0.3, -0.25) is 0 Å². The van der Waals surface area contributed by atoms with Crippen molar-refractivity contribution in [2.45, 2.75) is 43.7 Å². The number of nitrogens with zero attached hydrogens (tertiary/aromatic N) is 1. The first-order valence-corrected chi connectivity index (χ1v) is 8.92. The fraction of sp³-hybridized carbons (Fsp3) is 0.571. The molecule has 1 saturated heterocycles. The monoisotopic (exact) mass is 334 g/mol. The number of rotatable bonds is 4. The van der Waals surface area contributed by atoms with Gasteiger partial charge in [0.15, 0.2) is 0 Å². The van der Waals surface area contributed by atoms with Crippen LogP contribution in [0.3, 0.4) is 0 Å². The minimum absolute atomic E-state index is 0.0271. The highest BCUT2D eigenvalue weighted by atomic mass is 35.5. The molecule has 1 heterocycles. The Bertz CT molecular complexity index is 609. The van der Waals surface area contributed by atoms with Gasteiger partial charge in [0, 0.05) is 25.2 Å². The number of halogens is 2. The highest BCUT2D eigenvalue weighted by Gasteiger charge is 2.36. The summed E-state index contributed by atoms with van der Waals surface area (Å²) in [5, 5.41) is 3.28. The molecule has 1 aromatic carbocycles. The molecule has 1 aromatic rings. The number of sulfonamides is 1. The van der Waals surface area contributed by atoms with Gasteiger partial charge in [0.2, 0.25) is 10.0 Å². The maximum absolute atomic E-state index is 13.1. The van der Waals surface area contributed by atoms with Crippen LogP contribution in [0.25, 0.3) is 0 Å². The van der Waals surface area contributed by atoms with Crippen LogP contribution in [0.4, 0.5) is 4.39 Å². The minimum Gasteiger partial charge on any atom is -0.311 e. The van der Waals surface area contributed by atoms with E-state index in [0.29, 0.717) is 19.5 Å². The highest BCUT2D eigenvalue weighted by molar-refractivity contribution is 7.89. The van der Waals surface area contributed by atoms with Gasteiger partial charge in [-0.15, -0.1) is 0 Å². The van der Waals surface area contributed by atoms with E-state index in [2.05, 4.69) is 5.32 Å². The third kappa shape index (κ3) is 3.39. The molecule has 1 aliphatic rings. The van der Waals surface area contributed by atoms with Crippen LogP contribution in [0.5, 0.6) is 0 Å². The molecule has 0 aliphatic carbocycles. The molecule has 0 bridgehead atoms. The van der Waals surface area contributed by atoms with Gasteiger partial charge in [-0.05, 0) is 31.0 Å². The topological polar surface area (TPSA) is 49.4 Å². The third-order valence-electron chi connectivity index (χ3n) is 3.89. The molecule has 118 valence electrons. The van der Waals surface area contributed by atoms with Gasteiger partial charge in [0.1, 0.15) is 10.7 Å². The van der Waals surface area contributed by atoms with E-state index in [0.717, 1.165) is 18.6 Å². The van der Waals surface area contributed by atoms with Crippen LogP contribution in [-0.2, 0) is 10.0 Å². The zero-order valence-corrected chi connectivity index (χ0v) is 13.7. The normalized spacial score (nSPS) is 24.2. The van der Waals surface area contributed by atoms with Gasteiger partial charge in [-0.2, -0.15) is 4.31 Å². The van der Waals surface area contributed by atoms with Crippen molar-refractivity contribution >= 4 is 21.6 Å². The fourth-order valence-corrected chi connectivity index (χ4v) is 4.81. The van der Waals surface area contributed by atoms with Crippen molar-refractivity contribution in [1.29, 1.82) is 0 Å². The summed E-state index contributed by atoms with van der Waals surface area (Å²) in [4.78, 5) is -0.0271. The Hall–Kier alpha value is -0.690. The first kappa shape index (κ1) is 16.7. The summed E-state index contributed by atoms with van der Waals surface area (Å²) in [5.41, 5.74) is 0. The van der Waals surface area contributed by atoms with Crippen molar-refractivity contribution in [3.8, 4) is 0 Å². The smallest absolute Gasteiger partial charge is 0.244 e. The number of benzene rings is 1. The lowest BCUT2D eigenvalue weighted by atomic mass is 10.1. The predicted molar refractivity (Wildman–Crippen MR) is 81.5 cm³/mol. The zero-order valence-electron chi connectivity index (χ0n) is 12.1. The quantitative estimate of drug-likeness (QED) is 0.921. The molecule has 7 heteroatoms. The number of nitrogens with one attached hydrogen (secondary N) is 1. The molecule has 2 rings (SSSR count). The molecule has 0 spiro atoms. The van der Waals surface area contributed by atoms with Crippen LogP contribution < -0.4 is 5.32 Å². The van der Waals surface area contributed by atoms with E-state index in [1.54, 1.807) is 0 Å². The Kier molecular flexibility index (Phi) is 5.24. The van der Waals surface area contributed by atoms with Gasteiger partial charge in [-0.1, -0.05) is 25.4 Å². The van der Waals surface area contributed by atoms with Crippen LogP contribution in [0.2, 0.25) is 5.02 Å². The Balaban J connectivity index is 2.40. The first-order valence-electron chi connectivity index (χ1n) is 7.10. The van der Waals surface area contributed by atoms with Crippen LogP contribution in [0.15, 0.2) is 23.1 Å². The summed E-state index contributed by atoms with van der Waals surface area (Å²) in [6.07, 6.45) is 1.56. The van der Waals surface area contributed by atoms with Gasteiger partial charge < -0.3 is 5.32 Å². The molecule has 0 saturated carbocycles. The lowest BCUT2D eigenvalue weighted by Gasteiger charge is -2.39. The van der Waals surface area contributed by atoms with E-state index >= 15 is 0 Å². The first-order chi connectivity index (χ1) is 9.90. The van der Waals surface area contributed by atoms with Crippen molar-refractivity contribution < 1.29 is 12.8 Å². The Morgan fingerprint density at radius 2 is 2.10 bits per heavy atom. The zero-order chi connectivity index (χ0) is 15.6. The molecular formula is C14H20ClFN2O2S. The lowest BCUT2D eigenvalue weighted by molar-refractivity contribution is 0.215. The molecule has 1 aliphatic heterocycles. The van der Waals surface area contributed by atoms with Gasteiger partial charge >= 0.3 is 0 Å². The Morgan fingerprint density at radius 1 is 1.38 bits per heavy atom. The second-order valence-corrected chi connectivity index (χ2v) is 7.49. The maximum atomic E-state index is 13.1. The standard InChI is InChI=1S/C14H20ClFN2O2S/c1-3-11-9-18(12(4-2)8-17-11)21(19,20)14-6-5-10(16)7-13(14)15/h5-7,11-12,17H,3-4,8-9H2,1-2H3. The second-order valence-electron chi connectivity index (χ2n) is 5.22. The summed E-state index contributed by atoms with van der Waals surface area (Å²) in [7, 11) is -3.72. The molecule has 0 amide bonds. The van der Waals surface area contributed by atoms with Gasteiger partial charge in [0.05, 0.1) is 5.02 Å². The molecule has 0 aromatic heterocycles. The Labute approximate surface area is 130 Å². The van der Waals surface area contributed by atoms with E-state index in [4.69, 9.17) is 11.6 Å². The summed E-state index contributed by atoms with van der Waals surface area (Å²) in [6, 6.07) is 3.41. The van der Waals surface area contributed by atoms with Crippen LogP contribution in [0.1, 0.15) is 26.7 Å². The van der Waals surface area contributed by atoms with Gasteiger partial charge in [-0.25, -0.2) is 12.8 Å². The van der Waals surface area contributed by atoms with Crippen LogP contribution >= 0.6 is 11.6 Å². The maximum Gasteiger partial charge on any atom is 0.244 e. The molecule has 0 radical (unpaired) electrons. The molecule has 2 unspecified atom stereocenters. The van der Waals surface area contributed by atoms with E-state index < -0.39 is 15.8 Å². The number of hydrogen-bond donors (Lipinski definition) is 1. The number of hydrogen-bond acceptors (Lipinski definition) is 3. The van der Waals surface area contributed by atoms with Gasteiger partial charge in [0.25, 0.3) is 0 Å². The van der Waals surface area contributed by atoms with E-state index in [9.17, 15) is 12.8 Å². The minimum atomic E-state index is -3.72. The van der Waals surface area contributed by atoms with Crippen LogP contribution in [0, 0.1) is 5.82 Å². The number of piperazine rings is 1. The summed E-state index contributed by atoms with van der Waals surface area (Å²) >= 11 is 5.93. The SMILES string of the molecule is CCC1CN(S(=O)(=O)c2ccc(F)cc2Cl)C(CC)CN1. The Morgan fingerprint density at radius 3 is 2.67 bits per heavy atom. The van der Waals surface area contributed by atoms with E-state index in [1.807, 2.05) is 13.8 Å².